The average Bonchev–Trinajstić information content (AvgIpc) is 2.61. The predicted molar refractivity (Wildman–Crippen MR) is 106 cm³/mol. The molecule has 7 heteroatoms. The lowest BCUT2D eigenvalue weighted by Gasteiger charge is -2.34. The van der Waals surface area contributed by atoms with E-state index >= 15 is 0 Å². The van der Waals surface area contributed by atoms with Gasteiger partial charge >= 0.3 is 0 Å². The normalized spacial score (nSPS) is 19.8. The van der Waals surface area contributed by atoms with Crippen molar-refractivity contribution in [3.63, 3.8) is 0 Å². The number of hydrogen-bond donors (Lipinski definition) is 0. The summed E-state index contributed by atoms with van der Waals surface area (Å²) in [6.07, 6.45) is 0.671. The number of aliphatic imine (C=N–C) groups is 1. The molecule has 0 unspecified atom stereocenters. The Morgan fingerprint density at radius 1 is 1.14 bits per heavy atom. The summed E-state index contributed by atoms with van der Waals surface area (Å²) in [5.41, 5.74) is 0.662. The lowest BCUT2D eigenvalue weighted by atomic mass is 9.69. The van der Waals surface area contributed by atoms with Crippen LogP contribution in [-0.4, -0.2) is 43.0 Å². The van der Waals surface area contributed by atoms with E-state index in [4.69, 9.17) is 9.47 Å². The van der Waals surface area contributed by atoms with Gasteiger partial charge in [0.15, 0.2) is 17.3 Å². The maximum atomic E-state index is 13.0. The molecule has 0 saturated heterocycles. The second kappa shape index (κ2) is 9.67. The Bertz CT molecular complexity index is 812. The van der Waals surface area contributed by atoms with Gasteiger partial charge in [0, 0.05) is 18.6 Å². The molecule has 0 aliphatic heterocycles. The van der Waals surface area contributed by atoms with Crippen LogP contribution >= 0.6 is 0 Å². The lowest BCUT2D eigenvalue weighted by Crippen LogP contribution is -2.43. The van der Waals surface area contributed by atoms with Gasteiger partial charge < -0.3 is 19.4 Å². The summed E-state index contributed by atoms with van der Waals surface area (Å²) < 4.78 is 11.1. The third-order valence-corrected chi connectivity index (χ3v) is 4.69. The summed E-state index contributed by atoms with van der Waals surface area (Å²) in [6.45, 7) is 7.92. The van der Waals surface area contributed by atoms with Crippen LogP contribution in [0.3, 0.4) is 0 Å². The summed E-state index contributed by atoms with van der Waals surface area (Å²) in [4.78, 5) is 40.5. The molecule has 1 atom stereocenters. The number of benzene rings is 1. The second-order valence-corrected chi connectivity index (χ2v) is 7.89. The number of carboxylic acid groups (broad SMARTS) is 1. The Morgan fingerprint density at radius 2 is 1.79 bits per heavy atom. The number of rotatable bonds is 9. The van der Waals surface area contributed by atoms with E-state index < -0.39 is 18.4 Å². The van der Waals surface area contributed by atoms with Crippen LogP contribution in [0.5, 0.6) is 11.5 Å². The molecule has 0 aromatic heterocycles. The number of nitrogens with zero attached hydrogens (tertiary/aromatic N) is 1. The number of carboxylic acids is 1. The van der Waals surface area contributed by atoms with Crippen molar-refractivity contribution >= 4 is 23.2 Å². The highest BCUT2D eigenvalue weighted by Crippen LogP contribution is 2.36. The smallest absolute Gasteiger partial charge is 0.161 e. The topological polar surface area (TPSA) is 105 Å². The van der Waals surface area contributed by atoms with Crippen molar-refractivity contribution in [1.29, 1.82) is 0 Å². The van der Waals surface area contributed by atoms with Gasteiger partial charge in [-0.05, 0) is 43.4 Å². The fraction of sp³-hybridized carbons (Fsp3) is 0.545. The van der Waals surface area contributed by atoms with Crippen LogP contribution in [0.1, 0.15) is 46.1 Å². The van der Waals surface area contributed by atoms with Gasteiger partial charge in [0.2, 0.25) is 0 Å². The van der Waals surface area contributed by atoms with E-state index in [2.05, 4.69) is 4.99 Å². The van der Waals surface area contributed by atoms with Crippen molar-refractivity contribution < 1.29 is 29.0 Å². The first-order chi connectivity index (χ1) is 13.7. The summed E-state index contributed by atoms with van der Waals surface area (Å²) >= 11 is 0. The monoisotopic (exact) mass is 402 g/mol. The van der Waals surface area contributed by atoms with Gasteiger partial charge in [-0.1, -0.05) is 19.9 Å². The van der Waals surface area contributed by atoms with Crippen molar-refractivity contribution in [2.75, 3.05) is 19.8 Å². The van der Waals surface area contributed by atoms with Gasteiger partial charge in [-0.25, -0.2) is 0 Å². The first kappa shape index (κ1) is 22.6. The van der Waals surface area contributed by atoms with E-state index in [0.29, 0.717) is 42.4 Å². The number of Topliss-reactive ketones (excluding diaryl/α,β-unsaturated/α-hetero) is 2. The lowest BCUT2D eigenvalue weighted by molar-refractivity contribution is -0.303. The molecule has 158 valence electrons. The highest BCUT2D eigenvalue weighted by Gasteiger charge is 2.41. The minimum atomic E-state index is -1.34. The molecule has 1 aromatic carbocycles. The summed E-state index contributed by atoms with van der Waals surface area (Å²) in [7, 11) is 0. The van der Waals surface area contributed by atoms with Gasteiger partial charge in [0.25, 0.3) is 0 Å². The van der Waals surface area contributed by atoms with Gasteiger partial charge in [-0.15, -0.1) is 0 Å². The fourth-order valence-corrected chi connectivity index (χ4v) is 3.60. The fourth-order valence-electron chi connectivity index (χ4n) is 3.60. The zero-order valence-corrected chi connectivity index (χ0v) is 17.4. The number of ether oxygens (including phenoxy) is 2. The quantitative estimate of drug-likeness (QED) is 0.583. The van der Waals surface area contributed by atoms with Crippen LogP contribution in [0.4, 0.5) is 0 Å². The Kier molecular flexibility index (Phi) is 7.53. The van der Waals surface area contributed by atoms with Gasteiger partial charge in [-0.3, -0.25) is 14.6 Å². The van der Waals surface area contributed by atoms with Gasteiger partial charge in [-0.2, -0.15) is 0 Å². The predicted octanol–water partition coefficient (Wildman–Crippen LogP) is 1.79. The molecule has 1 aromatic rings. The summed E-state index contributed by atoms with van der Waals surface area (Å²) in [5.74, 6) is -1.73. The van der Waals surface area contributed by atoms with Crippen LogP contribution in [0, 0.1) is 11.3 Å². The number of aliphatic carboxylic acids is 1. The molecule has 0 radical (unpaired) electrons. The first-order valence-corrected chi connectivity index (χ1v) is 9.84. The van der Waals surface area contributed by atoms with Crippen molar-refractivity contribution in [3.05, 3.63) is 23.8 Å². The molecular formula is C22H28NO6-. The third-order valence-electron chi connectivity index (χ3n) is 4.69. The molecule has 1 fully saturated rings. The third kappa shape index (κ3) is 6.14. The summed E-state index contributed by atoms with van der Waals surface area (Å²) in [6, 6.07) is 5.25. The summed E-state index contributed by atoms with van der Waals surface area (Å²) in [5, 5.41) is 10.8. The molecule has 1 aliphatic rings. The Labute approximate surface area is 171 Å². The molecule has 7 nitrogen and oxygen atoms in total. The molecule has 1 saturated carbocycles. The van der Waals surface area contributed by atoms with Gasteiger partial charge in [0.05, 0.1) is 25.7 Å². The maximum absolute atomic E-state index is 13.0. The minimum absolute atomic E-state index is 0.0215. The Balaban J connectivity index is 2.27. The highest BCUT2D eigenvalue weighted by atomic mass is 16.5. The second-order valence-electron chi connectivity index (χ2n) is 7.89. The molecule has 0 amide bonds. The molecule has 2 rings (SSSR count). The van der Waals surface area contributed by atoms with E-state index in [1.807, 2.05) is 27.7 Å². The van der Waals surface area contributed by atoms with Crippen molar-refractivity contribution in [3.8, 4) is 11.5 Å². The number of hydrogen-bond acceptors (Lipinski definition) is 7. The first-order valence-electron chi connectivity index (χ1n) is 9.84. The van der Waals surface area contributed by atoms with Crippen LogP contribution in [-0.2, 0) is 20.8 Å². The number of carbonyl (C=O) groups is 3. The van der Waals surface area contributed by atoms with Crippen molar-refractivity contribution in [2.24, 2.45) is 16.3 Å². The molecule has 29 heavy (non-hydrogen) atoms. The molecule has 0 N–H and O–H groups in total. The van der Waals surface area contributed by atoms with E-state index in [0.717, 1.165) is 0 Å². The van der Waals surface area contributed by atoms with Crippen molar-refractivity contribution in [2.45, 2.75) is 47.0 Å². The highest BCUT2D eigenvalue weighted by molar-refractivity contribution is 6.23. The zero-order chi connectivity index (χ0) is 21.6. The Hall–Kier alpha value is -2.70. The van der Waals surface area contributed by atoms with E-state index in [9.17, 15) is 19.5 Å². The standard InChI is InChI=1S/C22H29NO6/c1-5-28-18-8-7-14(10-19(18)29-6-2)9-16(24)21-15(23-13-20(26)27)11-22(3,4)12-17(21)25/h7-8,10,21H,5-6,9,11-13H2,1-4H3,(H,26,27)/p-1/t21-/m0/s1. The van der Waals surface area contributed by atoms with Crippen LogP contribution in [0.25, 0.3) is 0 Å². The Morgan fingerprint density at radius 3 is 2.41 bits per heavy atom. The van der Waals surface area contributed by atoms with Gasteiger partial charge in [0.1, 0.15) is 11.7 Å². The molecule has 1 aliphatic carbocycles. The molecule has 0 heterocycles. The largest absolute Gasteiger partial charge is 0.548 e. The minimum Gasteiger partial charge on any atom is -0.548 e. The van der Waals surface area contributed by atoms with E-state index in [1.54, 1.807) is 18.2 Å². The number of carbonyl (C=O) groups excluding carboxylic acids is 3. The van der Waals surface area contributed by atoms with E-state index in [1.165, 1.54) is 0 Å². The van der Waals surface area contributed by atoms with E-state index in [-0.39, 0.29) is 29.8 Å². The van der Waals surface area contributed by atoms with Crippen LogP contribution in [0.15, 0.2) is 23.2 Å². The number of ketones is 2. The molecular weight excluding hydrogens is 374 g/mol. The SMILES string of the molecule is CCOc1ccc(CC(=O)[C@H]2C(=O)CC(C)(C)CC2=NCC(=O)[O-])cc1OCC. The van der Waals surface area contributed by atoms with Crippen LogP contribution in [0.2, 0.25) is 0 Å². The molecule has 0 bridgehead atoms. The maximum Gasteiger partial charge on any atom is 0.161 e. The average molecular weight is 402 g/mol. The van der Waals surface area contributed by atoms with Crippen molar-refractivity contribution in [1.82, 2.24) is 0 Å². The molecule has 0 spiro atoms. The van der Waals surface area contributed by atoms with Crippen LogP contribution < -0.4 is 14.6 Å². The zero-order valence-electron chi connectivity index (χ0n) is 17.4.